The Labute approximate surface area is 333 Å². The molecule has 3 aromatic heterocycles. The highest BCUT2D eigenvalue weighted by molar-refractivity contribution is 5.87. The summed E-state index contributed by atoms with van der Waals surface area (Å²) in [5.41, 5.74) is 7.41. The van der Waals surface area contributed by atoms with E-state index in [1.54, 1.807) is 42.9 Å². The molecule has 2 saturated carbocycles. The van der Waals surface area contributed by atoms with E-state index in [9.17, 15) is 14.4 Å². The number of hydrogen-bond acceptors (Lipinski definition) is 8. The summed E-state index contributed by atoms with van der Waals surface area (Å²) in [6, 6.07) is 19.6. The molecule has 4 N–H and O–H groups in total. The number of nitrogens with one attached hydrogen (secondary N) is 4. The average molecular weight is 773 g/mol. The zero-order valence-corrected chi connectivity index (χ0v) is 32.8. The maximum Gasteiger partial charge on any atom is 0.407 e. The number of carbonyl (C=O) groups excluding carboxylic acids is 3. The molecule has 8 rings (SSSR count). The van der Waals surface area contributed by atoms with E-state index in [1.807, 2.05) is 12.1 Å². The molecule has 6 atom stereocenters. The number of ether oxygens (including phenoxy) is 2. The zero-order chi connectivity index (χ0) is 39.7. The summed E-state index contributed by atoms with van der Waals surface area (Å²) in [7, 11) is 2.77. The van der Waals surface area contributed by atoms with Crippen molar-refractivity contribution in [2.24, 2.45) is 17.8 Å². The number of rotatable bonds is 12. The monoisotopic (exact) mass is 772 g/mol. The quantitative estimate of drug-likeness (QED) is 0.108. The first-order valence-corrected chi connectivity index (χ1v) is 19.9. The lowest BCUT2D eigenvalue weighted by Gasteiger charge is -2.30. The molecule has 57 heavy (non-hydrogen) atoms. The van der Waals surface area contributed by atoms with Gasteiger partial charge in [-0.2, -0.15) is 0 Å². The number of fused-ring (bicyclic) bond motifs is 2. The van der Waals surface area contributed by atoms with Gasteiger partial charge in [-0.25, -0.2) is 14.8 Å². The van der Waals surface area contributed by atoms with Crippen molar-refractivity contribution in [3.8, 4) is 33.6 Å². The zero-order valence-electron chi connectivity index (χ0n) is 32.8. The number of aromatic amines is 2. The van der Waals surface area contributed by atoms with Gasteiger partial charge in [0, 0.05) is 38.5 Å². The molecule has 0 radical (unpaired) electrons. The number of H-pyrrole nitrogens is 2. The molecule has 1 saturated heterocycles. The highest BCUT2D eigenvalue weighted by atomic mass is 16.5. The van der Waals surface area contributed by atoms with Crippen molar-refractivity contribution in [1.29, 1.82) is 0 Å². The van der Waals surface area contributed by atoms with Crippen LogP contribution in [0.2, 0.25) is 0 Å². The Balaban J connectivity index is 0.000000229. The molecule has 298 valence electrons. The number of amides is 3. The molecule has 5 aromatic rings. The highest BCUT2D eigenvalue weighted by Crippen LogP contribution is 2.48. The second kappa shape index (κ2) is 18.4. The lowest BCUT2D eigenvalue weighted by atomic mass is 9.88. The maximum atomic E-state index is 13.4. The van der Waals surface area contributed by atoms with Crippen molar-refractivity contribution in [3.63, 3.8) is 0 Å². The molecule has 2 aliphatic carbocycles. The molecule has 13 nitrogen and oxygen atoms in total. The molecular formula is C44H52N8O5. The first-order chi connectivity index (χ1) is 27.8. The fourth-order valence-corrected chi connectivity index (χ4v) is 8.52. The summed E-state index contributed by atoms with van der Waals surface area (Å²) in [6.45, 7) is 3.06. The Kier molecular flexibility index (Phi) is 12.7. The van der Waals surface area contributed by atoms with Crippen LogP contribution in [-0.2, 0) is 25.5 Å². The molecule has 6 unspecified atom stereocenters. The fourth-order valence-electron chi connectivity index (χ4n) is 8.52. The summed E-state index contributed by atoms with van der Waals surface area (Å²) < 4.78 is 10.1. The van der Waals surface area contributed by atoms with Gasteiger partial charge in [-0.1, -0.05) is 55.0 Å². The molecule has 3 aliphatic rings. The number of methoxy groups -OCH3 is 2. The van der Waals surface area contributed by atoms with Crippen LogP contribution >= 0.6 is 0 Å². The molecule has 2 aromatic carbocycles. The second-order valence-corrected chi connectivity index (χ2v) is 15.2. The molecule has 4 heterocycles. The van der Waals surface area contributed by atoms with Gasteiger partial charge in [0.05, 0.1) is 49.4 Å². The largest absolute Gasteiger partial charge is 0.453 e. The predicted octanol–water partition coefficient (Wildman–Crippen LogP) is 6.73. The third-order valence-electron chi connectivity index (χ3n) is 11.8. The Morgan fingerprint density at radius 2 is 1.56 bits per heavy atom. The third-order valence-corrected chi connectivity index (χ3v) is 11.8. The smallest absolute Gasteiger partial charge is 0.407 e. The van der Waals surface area contributed by atoms with Gasteiger partial charge in [0.25, 0.3) is 0 Å². The van der Waals surface area contributed by atoms with Gasteiger partial charge in [0.15, 0.2) is 0 Å². The maximum absolute atomic E-state index is 13.4. The minimum Gasteiger partial charge on any atom is -0.453 e. The van der Waals surface area contributed by atoms with E-state index in [-0.39, 0.29) is 17.9 Å². The number of hydrogen-bond donors (Lipinski definition) is 4. The van der Waals surface area contributed by atoms with Crippen LogP contribution in [0, 0.1) is 17.8 Å². The third kappa shape index (κ3) is 9.42. The van der Waals surface area contributed by atoms with Crippen LogP contribution in [0.5, 0.6) is 0 Å². The SMILES string of the molecule is COC(=O)NC(C(=O)N1CCCC1c1ncc(-c2ccc(-c3ccc(-c4cnc[nH]4)cc3)cc2)[nH]1)C(C)OC.O=C(NCCc1ccncc1)C1CC2CCC1C2. The van der Waals surface area contributed by atoms with Crippen LogP contribution in [0.4, 0.5) is 4.79 Å². The molecule has 3 amide bonds. The summed E-state index contributed by atoms with van der Waals surface area (Å²) in [6.07, 6.45) is 15.2. The van der Waals surface area contributed by atoms with E-state index in [1.165, 1.54) is 39.0 Å². The number of benzene rings is 2. The predicted molar refractivity (Wildman–Crippen MR) is 216 cm³/mol. The molecule has 0 spiro atoms. The van der Waals surface area contributed by atoms with Crippen LogP contribution in [0.3, 0.4) is 0 Å². The van der Waals surface area contributed by atoms with Crippen LogP contribution in [0.25, 0.3) is 33.6 Å². The summed E-state index contributed by atoms with van der Waals surface area (Å²) >= 11 is 0. The van der Waals surface area contributed by atoms with Crippen molar-refractivity contribution < 1.29 is 23.9 Å². The highest BCUT2D eigenvalue weighted by Gasteiger charge is 2.43. The van der Waals surface area contributed by atoms with E-state index in [2.05, 4.69) is 84.1 Å². The van der Waals surface area contributed by atoms with Gasteiger partial charge in [0.1, 0.15) is 11.9 Å². The summed E-state index contributed by atoms with van der Waals surface area (Å²) in [4.78, 5) is 58.4. The van der Waals surface area contributed by atoms with Gasteiger partial charge in [-0.3, -0.25) is 14.6 Å². The lowest BCUT2D eigenvalue weighted by Crippen LogP contribution is -2.54. The van der Waals surface area contributed by atoms with Gasteiger partial charge in [0.2, 0.25) is 11.8 Å². The first kappa shape index (κ1) is 39.4. The Morgan fingerprint density at radius 3 is 2.18 bits per heavy atom. The summed E-state index contributed by atoms with van der Waals surface area (Å²) in [5.74, 6) is 2.61. The molecule has 3 fully saturated rings. The van der Waals surface area contributed by atoms with Gasteiger partial charge in [-0.05, 0) is 97.2 Å². The number of imidazole rings is 2. The van der Waals surface area contributed by atoms with Crippen LogP contribution < -0.4 is 10.6 Å². The Bertz CT molecular complexity index is 2070. The van der Waals surface area contributed by atoms with Crippen molar-refractivity contribution in [2.75, 3.05) is 27.3 Å². The Morgan fingerprint density at radius 1 is 0.860 bits per heavy atom. The standard InChI is InChI=1S/C29H32N6O4.C15H20N2O/c1-18(38-2)26(34-29(37)39-3)28(36)35-14-4-5-25(35)27-31-16-24(33-27)22-12-8-20(9-13-22)19-6-10-21(11-7-19)23-15-30-17-32-23;18-15(14-10-12-1-2-13(14)9-12)17-8-5-11-3-6-16-7-4-11/h6-13,15-18,25-26H,4-5,14H2,1-3H3,(H,30,32)(H,31,33)(H,34,37);3-4,6-7,12-14H,1-2,5,8-10H2,(H,17,18). The Hall–Kier alpha value is -5.82. The van der Waals surface area contributed by atoms with Crippen molar-refractivity contribution in [3.05, 3.63) is 103 Å². The van der Waals surface area contributed by atoms with E-state index in [0.29, 0.717) is 18.4 Å². The molecule has 1 aliphatic heterocycles. The topological polar surface area (TPSA) is 167 Å². The number of alkyl carbamates (subject to hydrolysis) is 1. The first-order valence-electron chi connectivity index (χ1n) is 19.9. The van der Waals surface area contributed by atoms with Crippen molar-refractivity contribution in [1.82, 2.24) is 40.5 Å². The van der Waals surface area contributed by atoms with E-state index in [4.69, 9.17) is 9.47 Å². The molecule has 2 bridgehead atoms. The normalized spacial score (nSPS) is 20.6. The lowest BCUT2D eigenvalue weighted by molar-refractivity contribution is -0.137. The minimum absolute atomic E-state index is 0.218. The van der Waals surface area contributed by atoms with Crippen molar-refractivity contribution >= 4 is 17.9 Å². The summed E-state index contributed by atoms with van der Waals surface area (Å²) in [5, 5.41) is 5.71. The van der Waals surface area contributed by atoms with Gasteiger partial charge < -0.3 is 35.0 Å². The van der Waals surface area contributed by atoms with Crippen LogP contribution in [0.1, 0.15) is 62.9 Å². The second-order valence-electron chi connectivity index (χ2n) is 15.2. The van der Waals surface area contributed by atoms with E-state index in [0.717, 1.165) is 77.6 Å². The van der Waals surface area contributed by atoms with Gasteiger partial charge >= 0.3 is 6.09 Å². The number of nitrogens with zero attached hydrogens (tertiary/aromatic N) is 4. The minimum atomic E-state index is -0.862. The van der Waals surface area contributed by atoms with Crippen LogP contribution in [-0.4, -0.2) is 87.2 Å². The number of pyridine rings is 1. The van der Waals surface area contributed by atoms with E-state index >= 15 is 0 Å². The number of aromatic nitrogens is 5. The number of carbonyl (C=O) groups is 3. The van der Waals surface area contributed by atoms with Gasteiger partial charge in [-0.15, -0.1) is 0 Å². The molecular weight excluding hydrogens is 721 g/mol. The fraction of sp³-hybridized carbons (Fsp3) is 0.409. The molecule has 13 heteroatoms. The van der Waals surface area contributed by atoms with E-state index < -0.39 is 18.2 Å². The van der Waals surface area contributed by atoms with Crippen molar-refractivity contribution in [2.45, 2.75) is 70.1 Å². The average Bonchev–Trinajstić information content (AvgIpc) is 4.12. The van der Waals surface area contributed by atoms with Crippen LogP contribution in [0.15, 0.2) is 91.8 Å². The number of likely N-dealkylation sites (tertiary alicyclic amines) is 1.